The number of thioether (sulfide) groups is 1. The maximum Gasteiger partial charge on any atom is 0.266 e. The highest BCUT2D eigenvalue weighted by atomic mass is 79.9. The van der Waals surface area contributed by atoms with Crippen LogP contribution in [0.4, 0.5) is 5.69 Å². The molecule has 0 bridgehead atoms. The van der Waals surface area contributed by atoms with E-state index in [4.69, 9.17) is 14.5 Å². The van der Waals surface area contributed by atoms with Crippen LogP contribution in [0.15, 0.2) is 81.2 Å². The average molecular weight is 526 g/mol. The van der Waals surface area contributed by atoms with Crippen molar-refractivity contribution in [1.82, 2.24) is 9.55 Å². The number of carbonyl (C=O) groups excluding carboxylic acids is 1. The Kier molecular flexibility index (Phi) is 7.00. The van der Waals surface area contributed by atoms with Crippen molar-refractivity contribution in [3.05, 3.63) is 81.6 Å². The number of benzene rings is 3. The summed E-state index contributed by atoms with van der Waals surface area (Å²) in [6, 6.07) is 19.8. The second-order valence-electron chi connectivity index (χ2n) is 6.94. The number of ether oxygens (including phenoxy) is 2. The molecule has 7 nitrogen and oxygen atoms in total. The summed E-state index contributed by atoms with van der Waals surface area (Å²) in [5, 5.41) is 3.64. The lowest BCUT2D eigenvalue weighted by molar-refractivity contribution is -0.113. The van der Waals surface area contributed by atoms with Crippen molar-refractivity contribution < 1.29 is 14.3 Å². The summed E-state index contributed by atoms with van der Waals surface area (Å²) in [4.78, 5) is 30.7. The van der Waals surface area contributed by atoms with E-state index in [1.807, 2.05) is 42.5 Å². The van der Waals surface area contributed by atoms with Crippen molar-refractivity contribution in [2.24, 2.45) is 0 Å². The number of nitrogens with zero attached hydrogens (tertiary/aromatic N) is 2. The van der Waals surface area contributed by atoms with E-state index in [0.29, 0.717) is 38.9 Å². The minimum absolute atomic E-state index is 0.0775. The Bertz CT molecular complexity index is 1360. The predicted octanol–water partition coefficient (Wildman–Crippen LogP) is 4.90. The van der Waals surface area contributed by atoms with Gasteiger partial charge in [0.1, 0.15) is 0 Å². The number of aromatic nitrogens is 2. The number of hydrogen-bond donors (Lipinski definition) is 1. The van der Waals surface area contributed by atoms with Gasteiger partial charge in [0.05, 0.1) is 36.6 Å². The van der Waals surface area contributed by atoms with Crippen molar-refractivity contribution in [2.75, 3.05) is 25.3 Å². The second kappa shape index (κ2) is 10.1. The molecule has 0 aliphatic carbocycles. The number of hydrogen-bond acceptors (Lipinski definition) is 6. The Labute approximate surface area is 202 Å². The summed E-state index contributed by atoms with van der Waals surface area (Å²) in [5.41, 5.74) is 1.54. The zero-order valence-corrected chi connectivity index (χ0v) is 20.3. The van der Waals surface area contributed by atoms with Crippen LogP contribution in [0.1, 0.15) is 0 Å². The van der Waals surface area contributed by atoms with Gasteiger partial charge in [0, 0.05) is 16.2 Å². The molecule has 0 atom stereocenters. The third-order valence-corrected chi connectivity index (χ3v) is 6.28. The largest absolute Gasteiger partial charge is 0.493 e. The molecular formula is C24H20BrN3O4S. The van der Waals surface area contributed by atoms with Gasteiger partial charge in [0.15, 0.2) is 16.7 Å². The van der Waals surface area contributed by atoms with Gasteiger partial charge in [-0.05, 0) is 42.5 Å². The van der Waals surface area contributed by atoms with Gasteiger partial charge >= 0.3 is 0 Å². The summed E-state index contributed by atoms with van der Waals surface area (Å²) in [7, 11) is 3.04. The van der Waals surface area contributed by atoms with Crippen molar-refractivity contribution in [2.45, 2.75) is 5.16 Å². The second-order valence-corrected chi connectivity index (χ2v) is 8.80. The van der Waals surface area contributed by atoms with Crippen LogP contribution in [0.2, 0.25) is 0 Å². The Morgan fingerprint density at radius 1 is 1.03 bits per heavy atom. The highest BCUT2D eigenvalue weighted by Crippen LogP contribution is 2.31. The van der Waals surface area contributed by atoms with Gasteiger partial charge in [0.25, 0.3) is 5.56 Å². The molecule has 0 unspecified atom stereocenters. The Morgan fingerprint density at radius 2 is 1.70 bits per heavy atom. The predicted molar refractivity (Wildman–Crippen MR) is 134 cm³/mol. The number of anilines is 1. The molecule has 0 fully saturated rings. The van der Waals surface area contributed by atoms with E-state index in [2.05, 4.69) is 21.2 Å². The Hall–Kier alpha value is -3.30. The third-order valence-electron chi connectivity index (χ3n) is 4.82. The summed E-state index contributed by atoms with van der Waals surface area (Å²) < 4.78 is 13.2. The molecule has 3 aromatic carbocycles. The molecule has 1 aromatic heterocycles. The number of methoxy groups -OCH3 is 2. The van der Waals surface area contributed by atoms with Crippen molar-refractivity contribution in [3.63, 3.8) is 0 Å². The Balaban J connectivity index is 1.73. The number of halogens is 1. The Morgan fingerprint density at radius 3 is 2.36 bits per heavy atom. The highest BCUT2D eigenvalue weighted by molar-refractivity contribution is 9.10. The fourth-order valence-corrected chi connectivity index (χ4v) is 4.33. The quantitative estimate of drug-likeness (QED) is 0.273. The first-order chi connectivity index (χ1) is 16.0. The molecule has 168 valence electrons. The molecule has 0 aliphatic heterocycles. The van der Waals surface area contributed by atoms with Crippen molar-refractivity contribution >= 4 is 50.2 Å². The van der Waals surface area contributed by atoms with Crippen molar-refractivity contribution in [1.29, 1.82) is 0 Å². The van der Waals surface area contributed by atoms with E-state index in [-0.39, 0.29) is 17.2 Å². The van der Waals surface area contributed by atoms with Gasteiger partial charge in [-0.15, -0.1) is 0 Å². The van der Waals surface area contributed by atoms with Crippen LogP contribution in [0.25, 0.3) is 16.6 Å². The van der Waals surface area contributed by atoms with E-state index in [1.165, 1.54) is 30.5 Å². The number of rotatable bonds is 7. The number of amides is 1. The van der Waals surface area contributed by atoms with Gasteiger partial charge in [-0.25, -0.2) is 4.98 Å². The average Bonchev–Trinajstić information content (AvgIpc) is 2.84. The SMILES string of the molecule is COc1cc2nc(SCC(=O)Nc3ccc(Br)cc3)n(-c3ccccc3)c(=O)c2cc1OC. The molecule has 0 saturated heterocycles. The normalized spacial score (nSPS) is 10.8. The van der Waals surface area contributed by atoms with Gasteiger partial charge < -0.3 is 14.8 Å². The standard InChI is InChI=1S/C24H20BrN3O4S/c1-31-20-12-18-19(13-21(20)32-2)27-24(28(23(18)30)17-6-4-3-5-7-17)33-14-22(29)26-16-10-8-15(25)9-11-16/h3-13H,14H2,1-2H3,(H,26,29). The van der Waals surface area contributed by atoms with Crippen LogP contribution < -0.4 is 20.3 Å². The van der Waals surface area contributed by atoms with E-state index in [0.717, 1.165) is 4.47 Å². The van der Waals surface area contributed by atoms with E-state index >= 15 is 0 Å². The first-order valence-electron chi connectivity index (χ1n) is 9.92. The summed E-state index contributed by atoms with van der Waals surface area (Å²) >= 11 is 4.56. The number of carbonyl (C=O) groups is 1. The molecule has 9 heteroatoms. The first kappa shape index (κ1) is 22.9. The smallest absolute Gasteiger partial charge is 0.266 e. The van der Waals surface area contributed by atoms with Crippen LogP contribution in [0.5, 0.6) is 11.5 Å². The van der Waals surface area contributed by atoms with Crippen LogP contribution in [0.3, 0.4) is 0 Å². The highest BCUT2D eigenvalue weighted by Gasteiger charge is 2.17. The molecule has 0 saturated carbocycles. The van der Waals surface area contributed by atoms with Gasteiger partial charge in [-0.2, -0.15) is 0 Å². The van der Waals surface area contributed by atoms with E-state index in [1.54, 1.807) is 24.3 Å². The summed E-state index contributed by atoms with van der Waals surface area (Å²) in [6.45, 7) is 0. The van der Waals surface area contributed by atoms with Gasteiger partial charge in [-0.1, -0.05) is 45.9 Å². The van der Waals surface area contributed by atoms with E-state index < -0.39 is 0 Å². The topological polar surface area (TPSA) is 82.5 Å². The molecule has 0 radical (unpaired) electrons. The number of para-hydroxylation sites is 1. The minimum atomic E-state index is -0.261. The first-order valence-corrected chi connectivity index (χ1v) is 11.7. The minimum Gasteiger partial charge on any atom is -0.493 e. The molecule has 1 N–H and O–H groups in total. The molecule has 1 heterocycles. The fourth-order valence-electron chi connectivity index (χ4n) is 3.25. The maximum absolute atomic E-state index is 13.5. The number of nitrogens with one attached hydrogen (secondary N) is 1. The van der Waals surface area contributed by atoms with Crippen LogP contribution in [-0.4, -0.2) is 35.4 Å². The summed E-state index contributed by atoms with van der Waals surface area (Å²) in [6.07, 6.45) is 0. The molecular weight excluding hydrogens is 506 g/mol. The molecule has 1 amide bonds. The molecule has 33 heavy (non-hydrogen) atoms. The molecule has 0 spiro atoms. The maximum atomic E-state index is 13.5. The molecule has 4 aromatic rings. The lowest BCUT2D eigenvalue weighted by Crippen LogP contribution is -2.23. The van der Waals surface area contributed by atoms with Crippen LogP contribution >= 0.6 is 27.7 Å². The molecule has 0 aliphatic rings. The third kappa shape index (κ3) is 5.04. The van der Waals surface area contributed by atoms with Crippen molar-refractivity contribution in [3.8, 4) is 17.2 Å². The lowest BCUT2D eigenvalue weighted by Gasteiger charge is -2.15. The fraction of sp³-hybridized carbons (Fsp3) is 0.125. The monoisotopic (exact) mass is 525 g/mol. The lowest BCUT2D eigenvalue weighted by atomic mass is 10.2. The van der Waals surface area contributed by atoms with E-state index in [9.17, 15) is 9.59 Å². The van der Waals surface area contributed by atoms with Gasteiger partial charge in [-0.3, -0.25) is 14.2 Å². The molecule has 4 rings (SSSR count). The summed E-state index contributed by atoms with van der Waals surface area (Å²) in [5.74, 6) is 0.786. The number of fused-ring (bicyclic) bond motifs is 1. The van der Waals surface area contributed by atoms with Crippen LogP contribution in [0, 0.1) is 0 Å². The zero-order chi connectivity index (χ0) is 23.4. The van der Waals surface area contributed by atoms with Crippen LogP contribution in [-0.2, 0) is 4.79 Å². The zero-order valence-electron chi connectivity index (χ0n) is 17.9. The van der Waals surface area contributed by atoms with Gasteiger partial charge in [0.2, 0.25) is 5.91 Å².